The molecule has 1 N–H and O–H groups in total. The fraction of sp³-hybridized carbons (Fsp3) is 0.409. The van der Waals surface area contributed by atoms with Gasteiger partial charge in [0.2, 0.25) is 0 Å². The molecule has 1 aliphatic heterocycles. The highest BCUT2D eigenvalue weighted by Crippen LogP contribution is 2.19. The summed E-state index contributed by atoms with van der Waals surface area (Å²) in [6.07, 6.45) is 3.54. The molecule has 1 aliphatic rings. The van der Waals surface area contributed by atoms with E-state index in [2.05, 4.69) is 42.3 Å². The lowest BCUT2D eigenvalue weighted by molar-refractivity contribution is 0.102. The van der Waals surface area contributed by atoms with Gasteiger partial charge in [-0.25, -0.2) is 0 Å². The van der Waals surface area contributed by atoms with Gasteiger partial charge in [-0.15, -0.1) is 0 Å². The fourth-order valence-electron chi connectivity index (χ4n) is 3.60. The Kier molecular flexibility index (Phi) is 5.87. The molecule has 2 aromatic rings. The number of benzene rings is 2. The lowest BCUT2D eigenvalue weighted by atomic mass is 9.99. The van der Waals surface area contributed by atoms with Crippen LogP contribution in [0.5, 0.6) is 0 Å². The first-order valence-electron chi connectivity index (χ1n) is 9.36. The summed E-state index contributed by atoms with van der Waals surface area (Å²) in [6.45, 7) is 7.76. The van der Waals surface area contributed by atoms with Crippen molar-refractivity contribution in [2.45, 2.75) is 39.7 Å². The fourth-order valence-corrected chi connectivity index (χ4v) is 3.60. The number of aryl methyl sites for hydroxylation is 1. The number of para-hydroxylation sites is 1. The van der Waals surface area contributed by atoms with Crippen LogP contribution in [-0.2, 0) is 13.0 Å². The highest BCUT2D eigenvalue weighted by atomic mass is 16.1. The number of likely N-dealkylation sites (tertiary alicyclic amines) is 1. The van der Waals surface area contributed by atoms with E-state index in [1.165, 1.54) is 31.5 Å². The lowest BCUT2D eigenvalue weighted by Crippen LogP contribution is -2.33. The van der Waals surface area contributed by atoms with Gasteiger partial charge in [-0.3, -0.25) is 9.69 Å². The van der Waals surface area contributed by atoms with Crippen LogP contribution in [0.3, 0.4) is 0 Å². The van der Waals surface area contributed by atoms with Gasteiger partial charge >= 0.3 is 0 Å². The summed E-state index contributed by atoms with van der Waals surface area (Å²) >= 11 is 0. The molecule has 3 heteroatoms. The van der Waals surface area contributed by atoms with Gasteiger partial charge in [0.25, 0.3) is 5.91 Å². The maximum Gasteiger partial charge on any atom is 0.255 e. The molecular formula is C22H28N2O. The van der Waals surface area contributed by atoms with Crippen LogP contribution in [0.25, 0.3) is 0 Å². The Balaban J connectivity index is 1.62. The number of carbonyl (C=O) groups is 1. The van der Waals surface area contributed by atoms with E-state index in [9.17, 15) is 4.79 Å². The van der Waals surface area contributed by atoms with E-state index in [4.69, 9.17) is 0 Å². The van der Waals surface area contributed by atoms with Crippen molar-refractivity contribution in [3.8, 4) is 0 Å². The van der Waals surface area contributed by atoms with Gasteiger partial charge in [-0.05, 0) is 61.1 Å². The van der Waals surface area contributed by atoms with Crippen molar-refractivity contribution >= 4 is 11.6 Å². The minimum atomic E-state index is -0.0426. The minimum Gasteiger partial charge on any atom is -0.322 e. The van der Waals surface area contributed by atoms with E-state index in [0.717, 1.165) is 30.1 Å². The summed E-state index contributed by atoms with van der Waals surface area (Å²) in [5.74, 6) is 0.747. The second-order valence-electron chi connectivity index (χ2n) is 7.14. The normalized spacial score (nSPS) is 18.1. The van der Waals surface area contributed by atoms with Crippen LogP contribution in [0, 0.1) is 5.92 Å². The number of nitrogens with zero attached hydrogens (tertiary/aromatic N) is 1. The maximum absolute atomic E-state index is 12.5. The van der Waals surface area contributed by atoms with Crippen molar-refractivity contribution in [3.05, 3.63) is 65.2 Å². The topological polar surface area (TPSA) is 32.3 Å². The standard InChI is InChI=1S/C22H28N2O/c1-3-19-8-4-5-9-21(19)23-22(25)20-12-10-18(11-13-20)16-24-14-6-7-17(2)15-24/h4-5,8-13,17H,3,6-7,14-16H2,1-2H3,(H,23,25)/t17-/m0/s1. The number of hydrogen-bond acceptors (Lipinski definition) is 2. The first-order chi connectivity index (χ1) is 12.2. The largest absolute Gasteiger partial charge is 0.322 e. The summed E-state index contributed by atoms with van der Waals surface area (Å²) in [6, 6.07) is 16.0. The highest BCUT2D eigenvalue weighted by molar-refractivity contribution is 6.04. The lowest BCUT2D eigenvalue weighted by Gasteiger charge is -2.30. The summed E-state index contributed by atoms with van der Waals surface area (Å²) in [4.78, 5) is 15.0. The Morgan fingerprint density at radius 1 is 1.16 bits per heavy atom. The third-order valence-electron chi connectivity index (χ3n) is 5.01. The molecule has 3 rings (SSSR count). The Labute approximate surface area is 151 Å². The Bertz CT molecular complexity index is 708. The maximum atomic E-state index is 12.5. The van der Waals surface area contributed by atoms with E-state index in [1.54, 1.807) is 0 Å². The van der Waals surface area contributed by atoms with Gasteiger partial charge < -0.3 is 5.32 Å². The third-order valence-corrected chi connectivity index (χ3v) is 5.01. The molecule has 25 heavy (non-hydrogen) atoms. The van der Waals surface area contributed by atoms with Crippen LogP contribution in [0.15, 0.2) is 48.5 Å². The predicted octanol–water partition coefficient (Wildman–Crippen LogP) is 4.73. The van der Waals surface area contributed by atoms with Crippen molar-refractivity contribution in [1.29, 1.82) is 0 Å². The number of nitrogens with one attached hydrogen (secondary N) is 1. The first kappa shape index (κ1) is 17.7. The molecule has 1 amide bonds. The molecule has 1 fully saturated rings. The van der Waals surface area contributed by atoms with Gasteiger partial charge in [-0.2, -0.15) is 0 Å². The van der Waals surface area contributed by atoms with Crippen molar-refractivity contribution < 1.29 is 4.79 Å². The zero-order chi connectivity index (χ0) is 17.6. The van der Waals surface area contributed by atoms with Crippen molar-refractivity contribution in [2.24, 2.45) is 5.92 Å². The molecule has 1 heterocycles. The molecule has 1 atom stereocenters. The summed E-state index contributed by atoms with van der Waals surface area (Å²) < 4.78 is 0. The second-order valence-corrected chi connectivity index (χ2v) is 7.14. The second kappa shape index (κ2) is 8.30. The zero-order valence-corrected chi connectivity index (χ0v) is 15.3. The van der Waals surface area contributed by atoms with Crippen molar-refractivity contribution in [3.63, 3.8) is 0 Å². The summed E-state index contributed by atoms with van der Waals surface area (Å²) in [5, 5.41) is 3.04. The molecule has 2 aromatic carbocycles. The summed E-state index contributed by atoms with van der Waals surface area (Å²) in [5.41, 5.74) is 4.05. The van der Waals surface area contributed by atoms with Crippen LogP contribution in [-0.4, -0.2) is 23.9 Å². The molecule has 0 bridgehead atoms. The van der Waals surface area contributed by atoms with Gasteiger partial charge in [0.15, 0.2) is 0 Å². The molecule has 0 spiro atoms. The van der Waals surface area contributed by atoms with E-state index in [0.29, 0.717) is 5.56 Å². The van der Waals surface area contributed by atoms with Crippen LogP contribution < -0.4 is 5.32 Å². The van der Waals surface area contributed by atoms with E-state index < -0.39 is 0 Å². The molecule has 1 saturated heterocycles. The zero-order valence-electron chi connectivity index (χ0n) is 15.3. The summed E-state index contributed by atoms with van der Waals surface area (Å²) in [7, 11) is 0. The van der Waals surface area contributed by atoms with Crippen LogP contribution in [0.1, 0.15) is 48.2 Å². The molecule has 132 valence electrons. The number of piperidine rings is 1. The number of anilines is 1. The SMILES string of the molecule is CCc1ccccc1NC(=O)c1ccc(CN2CCC[C@H](C)C2)cc1. The molecule has 0 saturated carbocycles. The van der Waals surface area contributed by atoms with Crippen LogP contribution >= 0.6 is 0 Å². The number of rotatable bonds is 5. The van der Waals surface area contributed by atoms with Gasteiger partial charge in [0.05, 0.1) is 0 Å². The minimum absolute atomic E-state index is 0.0426. The quantitative estimate of drug-likeness (QED) is 0.856. The molecule has 0 aromatic heterocycles. The van der Waals surface area contributed by atoms with Crippen molar-refractivity contribution in [1.82, 2.24) is 4.90 Å². The molecule has 0 aliphatic carbocycles. The average molecular weight is 336 g/mol. The predicted molar refractivity (Wildman–Crippen MR) is 104 cm³/mol. The Hall–Kier alpha value is -2.13. The Morgan fingerprint density at radius 2 is 1.92 bits per heavy atom. The average Bonchev–Trinajstić information content (AvgIpc) is 2.63. The Morgan fingerprint density at radius 3 is 2.64 bits per heavy atom. The molecule has 3 nitrogen and oxygen atoms in total. The van der Waals surface area contributed by atoms with Gasteiger partial charge in [-0.1, -0.05) is 44.2 Å². The highest BCUT2D eigenvalue weighted by Gasteiger charge is 2.16. The monoisotopic (exact) mass is 336 g/mol. The van der Waals surface area contributed by atoms with E-state index in [1.807, 2.05) is 30.3 Å². The van der Waals surface area contributed by atoms with Gasteiger partial charge in [0, 0.05) is 24.3 Å². The number of carbonyl (C=O) groups excluding carboxylic acids is 1. The first-order valence-corrected chi connectivity index (χ1v) is 9.36. The van der Waals surface area contributed by atoms with Crippen molar-refractivity contribution in [2.75, 3.05) is 18.4 Å². The molecule has 0 radical (unpaired) electrons. The van der Waals surface area contributed by atoms with E-state index in [-0.39, 0.29) is 5.91 Å². The van der Waals surface area contributed by atoms with E-state index >= 15 is 0 Å². The molecular weight excluding hydrogens is 308 g/mol. The number of hydrogen-bond donors (Lipinski definition) is 1. The molecule has 0 unspecified atom stereocenters. The number of amides is 1. The smallest absolute Gasteiger partial charge is 0.255 e. The van der Waals surface area contributed by atoms with Crippen LogP contribution in [0.2, 0.25) is 0 Å². The third kappa shape index (κ3) is 4.70. The van der Waals surface area contributed by atoms with Crippen LogP contribution in [0.4, 0.5) is 5.69 Å². The van der Waals surface area contributed by atoms with Gasteiger partial charge in [0.1, 0.15) is 0 Å².